The second kappa shape index (κ2) is 15.4. The number of benzene rings is 3. The van der Waals surface area contributed by atoms with Gasteiger partial charge < -0.3 is 35.5 Å². The van der Waals surface area contributed by atoms with E-state index in [0.29, 0.717) is 91.8 Å². The Kier molecular flexibility index (Phi) is 11.1. The highest BCUT2D eigenvalue weighted by molar-refractivity contribution is 6.38. The topological polar surface area (TPSA) is 133 Å². The van der Waals surface area contributed by atoms with Gasteiger partial charge in [0.05, 0.1) is 34.9 Å². The molecule has 1 unspecified atom stereocenters. The molecular weight excluding hydrogens is 651 g/mol. The van der Waals surface area contributed by atoms with E-state index in [-0.39, 0.29) is 12.6 Å². The molecule has 10 nitrogen and oxygen atoms in total. The first-order chi connectivity index (χ1) is 22.3. The summed E-state index contributed by atoms with van der Waals surface area (Å²) >= 11 is 20.3. The van der Waals surface area contributed by atoms with Crippen molar-refractivity contribution in [3.8, 4) is 39.8 Å². The molecule has 2 heterocycles. The van der Waals surface area contributed by atoms with Gasteiger partial charge in [-0.15, -0.1) is 0 Å². The van der Waals surface area contributed by atoms with E-state index in [1.165, 1.54) is 0 Å². The Labute approximate surface area is 280 Å². The molecule has 3 aromatic carbocycles. The van der Waals surface area contributed by atoms with Crippen molar-refractivity contribution in [1.29, 1.82) is 0 Å². The molecule has 5 aromatic rings. The Morgan fingerprint density at radius 3 is 2.48 bits per heavy atom. The highest BCUT2D eigenvalue weighted by Gasteiger charge is 2.19. The summed E-state index contributed by atoms with van der Waals surface area (Å²) in [5.41, 5.74) is 13.7. The van der Waals surface area contributed by atoms with E-state index in [0.717, 1.165) is 18.1 Å². The molecule has 4 N–H and O–H groups in total. The van der Waals surface area contributed by atoms with Gasteiger partial charge in [0.25, 0.3) is 0 Å². The van der Waals surface area contributed by atoms with Crippen LogP contribution in [0.5, 0.6) is 17.4 Å². The molecule has 0 fully saturated rings. The van der Waals surface area contributed by atoms with E-state index in [4.69, 9.17) is 55.0 Å². The number of hydrogen-bond acceptors (Lipinski definition) is 9. The van der Waals surface area contributed by atoms with Crippen LogP contribution in [0.1, 0.15) is 18.4 Å². The van der Waals surface area contributed by atoms with E-state index in [9.17, 15) is 9.59 Å². The monoisotopic (exact) mass is 680 g/mol. The van der Waals surface area contributed by atoms with Crippen molar-refractivity contribution >= 4 is 58.4 Å². The molecule has 2 aromatic heterocycles. The van der Waals surface area contributed by atoms with Gasteiger partial charge in [0, 0.05) is 58.9 Å². The number of aldehydes is 2. The number of pyridine rings is 1. The molecule has 5 rings (SSSR count). The van der Waals surface area contributed by atoms with Crippen molar-refractivity contribution in [3.63, 3.8) is 0 Å². The van der Waals surface area contributed by atoms with Gasteiger partial charge in [-0.3, -0.25) is 0 Å². The zero-order valence-electron chi connectivity index (χ0n) is 24.8. The molecule has 0 bridgehead atoms. The molecule has 0 aliphatic heterocycles. The minimum Gasteiger partial charge on any atom is -0.481 e. The number of ether oxygens (including phenoxy) is 2. The summed E-state index contributed by atoms with van der Waals surface area (Å²) in [5.74, 6) is 1.22. The number of aromatic nitrogens is 3. The molecule has 238 valence electrons. The number of nitrogens with one attached hydrogen (secondary N) is 2. The van der Waals surface area contributed by atoms with Crippen LogP contribution in [0, 0.1) is 0 Å². The molecule has 0 spiro atoms. The number of methoxy groups -OCH3 is 1. The Bertz CT molecular complexity index is 1870. The number of hydrogen-bond donors (Lipinski definition) is 3. The molecule has 0 amide bonds. The zero-order valence-corrected chi connectivity index (χ0v) is 27.1. The number of nitrogens with two attached hydrogens (primary N) is 1. The van der Waals surface area contributed by atoms with E-state index >= 15 is 0 Å². The largest absolute Gasteiger partial charge is 0.481 e. The quantitative estimate of drug-likeness (QED) is 0.104. The maximum Gasteiger partial charge on any atom is 0.218 e. The van der Waals surface area contributed by atoms with Crippen molar-refractivity contribution in [3.05, 3.63) is 87.6 Å². The lowest BCUT2D eigenvalue weighted by atomic mass is 10.0. The number of rotatable bonds is 15. The molecule has 0 aliphatic carbocycles. The fraction of sp³-hybridized carbons (Fsp3) is 0.212. The number of carbonyl (C=O) groups excluding carboxylic acids is 2. The minimum absolute atomic E-state index is 0.102. The summed E-state index contributed by atoms with van der Waals surface area (Å²) in [5, 5.41) is 4.51. The van der Waals surface area contributed by atoms with Gasteiger partial charge in [-0.25, -0.2) is 14.6 Å². The third kappa shape index (κ3) is 7.43. The van der Waals surface area contributed by atoms with Crippen molar-refractivity contribution in [2.24, 2.45) is 5.73 Å². The zero-order chi connectivity index (χ0) is 32.6. The normalized spacial score (nSPS) is 11.8. The molecule has 0 aliphatic rings. The molecular formula is C33H31Cl3N6O4. The molecule has 0 saturated carbocycles. The lowest BCUT2D eigenvalue weighted by Crippen LogP contribution is -2.33. The van der Waals surface area contributed by atoms with Crippen LogP contribution in [0.4, 0.5) is 0 Å². The average molecular weight is 682 g/mol. The summed E-state index contributed by atoms with van der Waals surface area (Å²) < 4.78 is 13.5. The first-order valence-electron chi connectivity index (χ1n) is 14.4. The number of imidazole rings is 1. The lowest BCUT2D eigenvalue weighted by molar-refractivity contribution is -0.108. The van der Waals surface area contributed by atoms with Crippen LogP contribution in [0.25, 0.3) is 33.4 Å². The number of halogens is 3. The van der Waals surface area contributed by atoms with Crippen LogP contribution >= 0.6 is 34.8 Å². The van der Waals surface area contributed by atoms with E-state index in [1.807, 2.05) is 42.5 Å². The minimum atomic E-state index is -0.123. The Morgan fingerprint density at radius 2 is 1.72 bits per heavy atom. The van der Waals surface area contributed by atoms with Crippen LogP contribution in [0.15, 0.2) is 67.0 Å². The summed E-state index contributed by atoms with van der Waals surface area (Å²) in [6.07, 6.45) is 4.22. The second-order valence-corrected chi connectivity index (χ2v) is 11.5. The fourth-order valence-electron chi connectivity index (χ4n) is 4.95. The lowest BCUT2D eigenvalue weighted by Gasteiger charge is -2.16. The molecule has 13 heteroatoms. The highest BCUT2D eigenvalue weighted by atomic mass is 35.5. The molecule has 0 radical (unpaired) electrons. The van der Waals surface area contributed by atoms with Gasteiger partial charge in [-0.05, 0) is 24.6 Å². The Morgan fingerprint density at radius 1 is 0.957 bits per heavy atom. The van der Waals surface area contributed by atoms with Gasteiger partial charge >= 0.3 is 0 Å². The van der Waals surface area contributed by atoms with Crippen molar-refractivity contribution in [2.75, 3.05) is 25.6 Å². The van der Waals surface area contributed by atoms with E-state index in [1.54, 1.807) is 36.3 Å². The number of carbonyl (C=O) groups is 2. The van der Waals surface area contributed by atoms with Crippen molar-refractivity contribution < 1.29 is 19.1 Å². The van der Waals surface area contributed by atoms with E-state index in [2.05, 4.69) is 15.7 Å². The second-order valence-electron chi connectivity index (χ2n) is 10.3. The van der Waals surface area contributed by atoms with Crippen LogP contribution in [0.3, 0.4) is 0 Å². The van der Waals surface area contributed by atoms with Crippen molar-refractivity contribution in [1.82, 2.24) is 20.0 Å². The highest BCUT2D eigenvalue weighted by Crippen LogP contribution is 2.44. The van der Waals surface area contributed by atoms with Crippen LogP contribution in [-0.4, -0.2) is 53.5 Å². The van der Waals surface area contributed by atoms with Crippen LogP contribution in [0.2, 0.25) is 15.1 Å². The third-order valence-electron chi connectivity index (χ3n) is 7.18. The predicted octanol–water partition coefficient (Wildman–Crippen LogP) is 6.66. The maximum atomic E-state index is 10.8. The summed E-state index contributed by atoms with van der Waals surface area (Å²) in [7, 11) is 1.56. The number of nitrogens with zero attached hydrogens (tertiary/aromatic N) is 3. The van der Waals surface area contributed by atoms with Gasteiger partial charge in [-0.1, -0.05) is 71.2 Å². The Hall–Kier alpha value is -4.19. The average Bonchev–Trinajstić information content (AvgIpc) is 3.46. The standard InChI is InChI=1S/C33H31Cl3N6O4/c1-45-33-20(17-38-18-22(37)5-4-13-43)10-11-26(41-33)25-8-2-6-23(30(25)35)24-7-3-9-28(31(24)36)46-29-16-21(34)15-27-32(29)39-19-42(27)40-12-14-44/h2-3,6-11,13-16,19,22,38,40H,4-5,12,17-18,37H2,1H3. The number of fused-ring (bicyclic) bond motifs is 1. The summed E-state index contributed by atoms with van der Waals surface area (Å²) in [4.78, 5) is 30.6. The third-order valence-corrected chi connectivity index (χ3v) is 8.20. The van der Waals surface area contributed by atoms with Gasteiger partial charge in [-0.2, -0.15) is 0 Å². The molecule has 46 heavy (non-hydrogen) atoms. The molecule has 1 atom stereocenters. The van der Waals surface area contributed by atoms with Crippen molar-refractivity contribution in [2.45, 2.75) is 25.4 Å². The first kappa shape index (κ1) is 33.2. The predicted molar refractivity (Wildman–Crippen MR) is 182 cm³/mol. The molecule has 0 saturated heterocycles. The fourth-order valence-corrected chi connectivity index (χ4v) is 5.75. The van der Waals surface area contributed by atoms with Gasteiger partial charge in [0.15, 0.2) is 5.75 Å². The Balaban J connectivity index is 1.41. The van der Waals surface area contributed by atoms with Crippen LogP contribution < -0.4 is 25.9 Å². The van der Waals surface area contributed by atoms with Gasteiger partial charge in [0.1, 0.15) is 30.2 Å². The maximum absolute atomic E-state index is 10.8. The SMILES string of the molecule is COc1nc(-c2cccc(-c3cccc(Oc4cc(Cl)cc5c4ncn5NCC=O)c3Cl)c2Cl)ccc1CNCC(N)CCC=O. The van der Waals surface area contributed by atoms with Gasteiger partial charge in [0.2, 0.25) is 5.88 Å². The summed E-state index contributed by atoms with van der Waals surface area (Å²) in [6, 6.07) is 18.1. The summed E-state index contributed by atoms with van der Waals surface area (Å²) in [6.45, 7) is 1.15. The smallest absolute Gasteiger partial charge is 0.218 e. The van der Waals surface area contributed by atoms with E-state index < -0.39 is 0 Å². The van der Waals surface area contributed by atoms with Crippen LogP contribution in [-0.2, 0) is 16.1 Å². The first-order valence-corrected chi connectivity index (χ1v) is 15.5.